The first-order valence-corrected chi connectivity index (χ1v) is 6.71. The molecule has 98 valence electrons. The topological polar surface area (TPSA) is 80.9 Å². The summed E-state index contributed by atoms with van der Waals surface area (Å²) >= 11 is 10.0. The van der Waals surface area contributed by atoms with Crippen molar-refractivity contribution in [3.8, 4) is 0 Å². The molecule has 0 amide bonds. The van der Waals surface area contributed by atoms with Gasteiger partial charge in [-0.2, -0.15) is 0 Å². The minimum atomic E-state index is -0.744. The van der Waals surface area contributed by atoms with Gasteiger partial charge in [0.15, 0.2) is 4.77 Å². The zero-order valence-corrected chi connectivity index (χ0v) is 11.4. The summed E-state index contributed by atoms with van der Waals surface area (Å²) in [6, 6.07) is 1.65. The van der Waals surface area contributed by atoms with E-state index in [-0.39, 0.29) is 12.0 Å². The number of hydrogen-bond donors (Lipinski definition) is 4. The van der Waals surface area contributed by atoms with E-state index in [1.54, 1.807) is 6.07 Å². The van der Waals surface area contributed by atoms with Crippen molar-refractivity contribution >= 4 is 36.2 Å². The van der Waals surface area contributed by atoms with Gasteiger partial charge in [-0.15, -0.1) is 0 Å². The van der Waals surface area contributed by atoms with E-state index < -0.39 is 5.97 Å². The SMILES string of the molecule is O=C(O)C1CCCCC1Nc1cc(=S)[nH]c(=S)[nH]1. The normalized spacial score (nSPS) is 23.6. The van der Waals surface area contributed by atoms with E-state index in [0.717, 1.165) is 19.3 Å². The van der Waals surface area contributed by atoms with Gasteiger partial charge in [-0.3, -0.25) is 4.79 Å². The van der Waals surface area contributed by atoms with Gasteiger partial charge in [-0.05, 0) is 25.1 Å². The Bertz CT molecular complexity index is 523. The van der Waals surface area contributed by atoms with Crippen molar-refractivity contribution in [3.05, 3.63) is 15.5 Å². The Labute approximate surface area is 115 Å². The maximum Gasteiger partial charge on any atom is 0.308 e. The summed E-state index contributed by atoms with van der Waals surface area (Å²) in [5.41, 5.74) is 0. The van der Waals surface area contributed by atoms with Crippen molar-refractivity contribution < 1.29 is 9.90 Å². The van der Waals surface area contributed by atoms with Gasteiger partial charge in [0.25, 0.3) is 0 Å². The lowest BCUT2D eigenvalue weighted by atomic mass is 9.84. The standard InChI is InChI=1S/C11H15N3O2S2/c15-10(16)6-3-1-2-4-7(6)12-8-5-9(17)14-11(18)13-8/h5-7H,1-4H2,(H,15,16)(H3,12,13,14,17,18). The van der Waals surface area contributed by atoms with Gasteiger partial charge >= 0.3 is 5.97 Å². The molecule has 1 aliphatic carbocycles. The van der Waals surface area contributed by atoms with Crippen molar-refractivity contribution in [2.24, 2.45) is 5.92 Å². The number of carboxylic acid groups (broad SMARTS) is 1. The average molecular weight is 285 g/mol. The quantitative estimate of drug-likeness (QED) is 0.642. The Morgan fingerprint density at radius 3 is 2.72 bits per heavy atom. The molecule has 18 heavy (non-hydrogen) atoms. The highest BCUT2D eigenvalue weighted by Crippen LogP contribution is 2.26. The number of anilines is 1. The summed E-state index contributed by atoms with van der Waals surface area (Å²) in [6.45, 7) is 0. The van der Waals surface area contributed by atoms with Crippen LogP contribution in [0.2, 0.25) is 0 Å². The molecule has 0 aromatic carbocycles. The number of hydrogen-bond acceptors (Lipinski definition) is 4. The summed E-state index contributed by atoms with van der Waals surface area (Å²) in [5.74, 6) is -0.410. The molecule has 0 bridgehead atoms. The van der Waals surface area contributed by atoms with Gasteiger partial charge in [0.2, 0.25) is 0 Å². The molecule has 7 heteroatoms. The molecule has 0 spiro atoms. The van der Waals surface area contributed by atoms with Crippen LogP contribution in [0.15, 0.2) is 6.07 Å². The predicted molar refractivity (Wildman–Crippen MR) is 73.8 cm³/mol. The lowest BCUT2D eigenvalue weighted by molar-refractivity contribution is -0.143. The molecule has 0 saturated heterocycles. The number of aromatic amines is 2. The molecule has 0 radical (unpaired) electrons. The van der Waals surface area contributed by atoms with Crippen LogP contribution in [-0.2, 0) is 4.79 Å². The third-order valence-corrected chi connectivity index (χ3v) is 3.61. The third kappa shape index (κ3) is 3.17. The summed E-state index contributed by atoms with van der Waals surface area (Å²) in [7, 11) is 0. The van der Waals surface area contributed by atoms with Crippen molar-refractivity contribution in [3.63, 3.8) is 0 Å². The first kappa shape index (κ1) is 13.2. The number of rotatable bonds is 3. The highest BCUT2D eigenvalue weighted by atomic mass is 32.1. The fraction of sp³-hybridized carbons (Fsp3) is 0.545. The van der Waals surface area contributed by atoms with Gasteiger partial charge in [0.1, 0.15) is 10.5 Å². The Balaban J connectivity index is 2.18. The molecule has 1 aliphatic rings. The van der Waals surface area contributed by atoms with Crippen LogP contribution >= 0.6 is 24.4 Å². The molecule has 1 fully saturated rings. The van der Waals surface area contributed by atoms with E-state index in [0.29, 0.717) is 21.7 Å². The molecule has 1 aromatic heterocycles. The minimum Gasteiger partial charge on any atom is -0.481 e. The molecule has 5 nitrogen and oxygen atoms in total. The smallest absolute Gasteiger partial charge is 0.308 e. The van der Waals surface area contributed by atoms with E-state index in [1.165, 1.54) is 0 Å². The molecule has 2 rings (SSSR count). The number of carbonyl (C=O) groups is 1. The van der Waals surface area contributed by atoms with Gasteiger partial charge in [0, 0.05) is 12.1 Å². The number of aromatic nitrogens is 2. The Morgan fingerprint density at radius 1 is 1.33 bits per heavy atom. The van der Waals surface area contributed by atoms with Crippen molar-refractivity contribution in [1.29, 1.82) is 0 Å². The van der Waals surface area contributed by atoms with Crippen LogP contribution in [0.5, 0.6) is 0 Å². The first-order valence-electron chi connectivity index (χ1n) is 5.89. The van der Waals surface area contributed by atoms with E-state index >= 15 is 0 Å². The van der Waals surface area contributed by atoms with E-state index in [2.05, 4.69) is 15.3 Å². The second kappa shape index (κ2) is 5.62. The van der Waals surface area contributed by atoms with Gasteiger partial charge in [-0.25, -0.2) is 0 Å². The summed E-state index contributed by atoms with van der Waals surface area (Å²) in [6.07, 6.45) is 3.58. The predicted octanol–water partition coefficient (Wildman–Crippen LogP) is 2.86. The van der Waals surface area contributed by atoms with Crippen LogP contribution < -0.4 is 5.32 Å². The second-order valence-corrected chi connectivity index (χ2v) is 5.33. The van der Waals surface area contributed by atoms with Gasteiger partial charge in [0.05, 0.1) is 5.92 Å². The van der Waals surface area contributed by atoms with Crippen LogP contribution in [0.1, 0.15) is 25.7 Å². The third-order valence-electron chi connectivity index (χ3n) is 3.18. The number of nitrogens with one attached hydrogen (secondary N) is 3. The largest absolute Gasteiger partial charge is 0.481 e. The number of aliphatic carboxylic acids is 1. The fourth-order valence-corrected chi connectivity index (χ4v) is 2.85. The zero-order chi connectivity index (χ0) is 13.1. The summed E-state index contributed by atoms with van der Waals surface area (Å²) in [4.78, 5) is 16.9. The van der Waals surface area contributed by atoms with Crippen molar-refractivity contribution in [2.45, 2.75) is 31.7 Å². The van der Waals surface area contributed by atoms with Crippen molar-refractivity contribution in [2.75, 3.05) is 5.32 Å². The molecule has 0 aliphatic heterocycles. The maximum atomic E-state index is 11.2. The second-order valence-electron chi connectivity index (χ2n) is 4.48. The highest BCUT2D eigenvalue weighted by molar-refractivity contribution is 7.72. The minimum absolute atomic E-state index is 0.0706. The maximum absolute atomic E-state index is 11.2. The van der Waals surface area contributed by atoms with E-state index in [9.17, 15) is 9.90 Å². The molecule has 2 atom stereocenters. The molecular weight excluding hydrogens is 270 g/mol. The highest BCUT2D eigenvalue weighted by Gasteiger charge is 2.30. The molecule has 1 heterocycles. The van der Waals surface area contributed by atoms with Crippen LogP contribution in [0, 0.1) is 15.3 Å². The van der Waals surface area contributed by atoms with Crippen LogP contribution in [0.25, 0.3) is 0 Å². The Hall–Kier alpha value is -1.21. The van der Waals surface area contributed by atoms with E-state index in [1.807, 2.05) is 0 Å². The fourth-order valence-electron chi connectivity index (χ4n) is 2.35. The zero-order valence-electron chi connectivity index (χ0n) is 9.73. The van der Waals surface area contributed by atoms with Crippen LogP contribution in [-0.4, -0.2) is 27.1 Å². The number of carboxylic acids is 1. The summed E-state index contributed by atoms with van der Waals surface area (Å²) < 4.78 is 0.969. The molecule has 4 N–H and O–H groups in total. The molecule has 2 unspecified atom stereocenters. The lowest BCUT2D eigenvalue weighted by Gasteiger charge is -2.29. The van der Waals surface area contributed by atoms with Crippen molar-refractivity contribution in [1.82, 2.24) is 9.97 Å². The number of H-pyrrole nitrogens is 2. The Morgan fingerprint density at radius 2 is 2.06 bits per heavy atom. The van der Waals surface area contributed by atoms with Crippen LogP contribution in [0.4, 0.5) is 5.82 Å². The Kier molecular flexibility index (Phi) is 4.13. The monoisotopic (exact) mass is 285 g/mol. The van der Waals surface area contributed by atoms with E-state index in [4.69, 9.17) is 24.4 Å². The first-order chi connectivity index (χ1) is 8.56. The average Bonchev–Trinajstić information content (AvgIpc) is 2.27. The molecule has 1 aromatic rings. The molecular formula is C11H15N3O2S2. The lowest BCUT2D eigenvalue weighted by Crippen LogP contribution is -2.37. The van der Waals surface area contributed by atoms with Crippen LogP contribution in [0.3, 0.4) is 0 Å². The summed E-state index contributed by atoms with van der Waals surface area (Å²) in [5, 5.41) is 12.4. The van der Waals surface area contributed by atoms with Gasteiger partial charge < -0.3 is 20.4 Å². The van der Waals surface area contributed by atoms with Gasteiger partial charge in [-0.1, -0.05) is 25.1 Å². The molecule has 1 saturated carbocycles.